The molecule has 0 saturated carbocycles. The molecule has 1 N–H and O–H groups in total. The van der Waals surface area contributed by atoms with E-state index >= 15 is 0 Å². The van der Waals surface area contributed by atoms with Crippen molar-refractivity contribution in [3.8, 4) is 5.69 Å². The van der Waals surface area contributed by atoms with Gasteiger partial charge < -0.3 is 5.32 Å². The van der Waals surface area contributed by atoms with E-state index in [1.54, 1.807) is 42.5 Å². The third kappa shape index (κ3) is 4.87. The van der Waals surface area contributed by atoms with Gasteiger partial charge >= 0.3 is 0 Å². The molecular weight excluding hydrogens is 417 g/mol. The zero-order chi connectivity index (χ0) is 20.5. The number of nitrogens with zero attached hydrogens (tertiary/aromatic N) is 2. The molecule has 146 valence electrons. The first-order valence-electron chi connectivity index (χ1n) is 8.56. The second kappa shape index (κ2) is 8.15. The number of rotatable bonds is 4. The van der Waals surface area contributed by atoms with Gasteiger partial charge in [0.2, 0.25) is 5.91 Å². The van der Waals surface area contributed by atoms with Crippen LogP contribution < -0.4 is 10.9 Å². The number of carbonyl (C=O) groups excluding carboxylic acids is 1. The largest absolute Gasteiger partial charge is 0.351 e. The van der Waals surface area contributed by atoms with E-state index in [1.807, 2.05) is 20.8 Å². The number of amides is 1. The molecule has 1 heterocycles. The summed E-state index contributed by atoms with van der Waals surface area (Å²) in [4.78, 5) is 30.0. The number of thioether (sulfide) groups is 1. The van der Waals surface area contributed by atoms with E-state index in [0.29, 0.717) is 31.8 Å². The van der Waals surface area contributed by atoms with Gasteiger partial charge in [-0.05, 0) is 63.2 Å². The molecule has 8 heteroatoms. The molecule has 0 aliphatic heterocycles. The molecule has 1 aromatic heterocycles. The van der Waals surface area contributed by atoms with Crippen molar-refractivity contribution in [2.45, 2.75) is 31.5 Å². The number of fused-ring (bicyclic) bond motifs is 1. The highest BCUT2D eigenvalue weighted by Crippen LogP contribution is 2.24. The van der Waals surface area contributed by atoms with Crippen LogP contribution in [0.2, 0.25) is 10.0 Å². The van der Waals surface area contributed by atoms with Crippen molar-refractivity contribution in [2.75, 3.05) is 5.75 Å². The van der Waals surface area contributed by atoms with E-state index in [0.717, 1.165) is 0 Å². The highest BCUT2D eigenvalue weighted by molar-refractivity contribution is 7.99. The lowest BCUT2D eigenvalue weighted by atomic mass is 10.1. The first-order valence-corrected chi connectivity index (χ1v) is 10.3. The molecule has 5 nitrogen and oxygen atoms in total. The van der Waals surface area contributed by atoms with E-state index < -0.39 is 0 Å². The quantitative estimate of drug-likeness (QED) is 0.476. The Bertz CT molecular complexity index is 1090. The summed E-state index contributed by atoms with van der Waals surface area (Å²) in [6.45, 7) is 5.74. The van der Waals surface area contributed by atoms with Gasteiger partial charge in [-0.3, -0.25) is 14.2 Å². The SMILES string of the molecule is CC(C)(C)NC(=O)CSc1nc2cc(Cl)ccc2c(=O)n1-c1ccc(Cl)cc1. The maximum atomic E-state index is 13.2. The van der Waals surface area contributed by atoms with Gasteiger partial charge in [0.05, 0.1) is 22.3 Å². The van der Waals surface area contributed by atoms with Crippen LogP contribution in [-0.4, -0.2) is 26.8 Å². The Kier molecular flexibility index (Phi) is 6.03. The molecule has 28 heavy (non-hydrogen) atoms. The maximum Gasteiger partial charge on any atom is 0.266 e. The van der Waals surface area contributed by atoms with Crippen LogP contribution in [0.25, 0.3) is 16.6 Å². The average Bonchev–Trinajstić information content (AvgIpc) is 2.59. The first kappa shape index (κ1) is 20.7. The molecule has 0 fully saturated rings. The number of halogens is 2. The highest BCUT2D eigenvalue weighted by Gasteiger charge is 2.17. The molecule has 0 saturated heterocycles. The Morgan fingerprint density at radius 1 is 1.11 bits per heavy atom. The number of benzene rings is 2. The van der Waals surface area contributed by atoms with Gasteiger partial charge in [-0.25, -0.2) is 4.98 Å². The van der Waals surface area contributed by atoms with Gasteiger partial charge in [0.1, 0.15) is 0 Å². The zero-order valence-electron chi connectivity index (χ0n) is 15.6. The summed E-state index contributed by atoms with van der Waals surface area (Å²) in [6, 6.07) is 11.8. The molecule has 0 aliphatic rings. The van der Waals surface area contributed by atoms with Crippen molar-refractivity contribution in [3.63, 3.8) is 0 Å². The minimum Gasteiger partial charge on any atom is -0.351 e. The lowest BCUT2D eigenvalue weighted by Gasteiger charge is -2.20. The fraction of sp³-hybridized carbons (Fsp3) is 0.250. The lowest BCUT2D eigenvalue weighted by molar-refractivity contribution is -0.119. The van der Waals surface area contributed by atoms with E-state index in [4.69, 9.17) is 23.2 Å². The molecule has 0 atom stereocenters. The standard InChI is InChI=1S/C20H19Cl2N3O2S/c1-20(2,3)24-17(26)11-28-19-23-16-10-13(22)6-9-15(16)18(27)25(19)14-7-4-12(21)5-8-14/h4-10H,11H2,1-3H3,(H,24,26). The summed E-state index contributed by atoms with van der Waals surface area (Å²) in [5.41, 5.74) is 0.541. The first-order chi connectivity index (χ1) is 13.1. The predicted molar refractivity (Wildman–Crippen MR) is 116 cm³/mol. The van der Waals surface area contributed by atoms with Crippen molar-refractivity contribution in [3.05, 3.63) is 62.9 Å². The van der Waals surface area contributed by atoms with Gasteiger partial charge in [0.25, 0.3) is 5.56 Å². The molecule has 0 radical (unpaired) electrons. The molecule has 0 unspecified atom stereocenters. The summed E-state index contributed by atoms with van der Waals surface area (Å²) < 4.78 is 1.49. The third-order valence-corrected chi connectivity index (χ3v) is 5.16. The molecule has 0 spiro atoms. The number of aromatic nitrogens is 2. The normalized spacial score (nSPS) is 11.6. The van der Waals surface area contributed by atoms with Crippen LogP contribution in [0.1, 0.15) is 20.8 Å². The summed E-state index contributed by atoms with van der Waals surface area (Å²) in [5, 5.41) is 4.82. The number of carbonyl (C=O) groups is 1. The lowest BCUT2D eigenvalue weighted by Crippen LogP contribution is -2.41. The Morgan fingerprint density at radius 3 is 2.39 bits per heavy atom. The fourth-order valence-electron chi connectivity index (χ4n) is 2.64. The monoisotopic (exact) mass is 435 g/mol. The van der Waals surface area contributed by atoms with Crippen LogP contribution in [0.5, 0.6) is 0 Å². The zero-order valence-corrected chi connectivity index (χ0v) is 18.0. The van der Waals surface area contributed by atoms with Gasteiger partial charge in [-0.15, -0.1) is 0 Å². The van der Waals surface area contributed by atoms with Gasteiger partial charge in [-0.2, -0.15) is 0 Å². The molecule has 3 aromatic rings. The smallest absolute Gasteiger partial charge is 0.266 e. The summed E-state index contributed by atoms with van der Waals surface area (Å²) >= 11 is 13.2. The van der Waals surface area contributed by atoms with Crippen molar-refractivity contribution in [1.29, 1.82) is 0 Å². The summed E-state index contributed by atoms with van der Waals surface area (Å²) in [6.07, 6.45) is 0. The molecule has 3 rings (SSSR count). The highest BCUT2D eigenvalue weighted by atomic mass is 35.5. The number of nitrogens with one attached hydrogen (secondary N) is 1. The van der Waals surface area contributed by atoms with Crippen LogP contribution in [0.4, 0.5) is 0 Å². The second-order valence-electron chi connectivity index (χ2n) is 7.26. The van der Waals surface area contributed by atoms with Crippen LogP contribution in [0.3, 0.4) is 0 Å². The number of hydrogen-bond acceptors (Lipinski definition) is 4. The van der Waals surface area contributed by atoms with Gasteiger partial charge in [0, 0.05) is 15.6 Å². The predicted octanol–water partition coefficient (Wildman–Crippen LogP) is 4.70. The molecule has 0 aliphatic carbocycles. The molecular formula is C20H19Cl2N3O2S. The van der Waals surface area contributed by atoms with Crippen LogP contribution in [0, 0.1) is 0 Å². The average molecular weight is 436 g/mol. The molecule has 2 aromatic carbocycles. The Morgan fingerprint density at radius 2 is 1.75 bits per heavy atom. The summed E-state index contributed by atoms with van der Waals surface area (Å²) in [5.74, 6) is -0.00999. The second-order valence-corrected chi connectivity index (χ2v) is 9.08. The number of hydrogen-bond donors (Lipinski definition) is 1. The van der Waals surface area contributed by atoms with Crippen molar-refractivity contribution in [1.82, 2.24) is 14.9 Å². The summed E-state index contributed by atoms with van der Waals surface area (Å²) in [7, 11) is 0. The van der Waals surface area contributed by atoms with Crippen molar-refractivity contribution >= 4 is 51.8 Å². The molecule has 1 amide bonds. The van der Waals surface area contributed by atoms with Crippen molar-refractivity contribution in [2.24, 2.45) is 0 Å². The maximum absolute atomic E-state index is 13.2. The van der Waals surface area contributed by atoms with E-state index in [1.165, 1.54) is 16.3 Å². The van der Waals surface area contributed by atoms with E-state index in [-0.39, 0.29) is 22.8 Å². The third-order valence-electron chi connectivity index (χ3n) is 3.73. The minimum atomic E-state index is -0.335. The van der Waals surface area contributed by atoms with E-state index in [9.17, 15) is 9.59 Å². The fourth-order valence-corrected chi connectivity index (χ4v) is 3.74. The Hall–Kier alpha value is -2.02. The van der Waals surface area contributed by atoms with Crippen LogP contribution in [-0.2, 0) is 4.79 Å². The van der Waals surface area contributed by atoms with Crippen LogP contribution in [0.15, 0.2) is 52.4 Å². The van der Waals surface area contributed by atoms with Crippen molar-refractivity contribution < 1.29 is 4.79 Å². The van der Waals surface area contributed by atoms with Gasteiger partial charge in [0.15, 0.2) is 5.16 Å². The van der Waals surface area contributed by atoms with Crippen LogP contribution >= 0.6 is 35.0 Å². The molecule has 0 bridgehead atoms. The topological polar surface area (TPSA) is 64.0 Å². The Balaban J connectivity index is 2.08. The minimum absolute atomic E-state index is 0.128. The van der Waals surface area contributed by atoms with Gasteiger partial charge in [-0.1, -0.05) is 35.0 Å². The Labute approximate surface area is 177 Å². The van der Waals surface area contributed by atoms with E-state index in [2.05, 4.69) is 10.3 Å².